The second kappa shape index (κ2) is 9.41. The predicted octanol–water partition coefficient (Wildman–Crippen LogP) is 8.49. The Balaban J connectivity index is 1.44. The lowest BCUT2D eigenvalue weighted by Crippen LogP contribution is -2.14. The van der Waals surface area contributed by atoms with Gasteiger partial charge >= 0.3 is 0 Å². The summed E-state index contributed by atoms with van der Waals surface area (Å²) in [7, 11) is 0. The van der Waals surface area contributed by atoms with Crippen molar-refractivity contribution in [2.45, 2.75) is 71.1 Å². The van der Waals surface area contributed by atoms with Crippen LogP contribution < -0.4 is 0 Å². The first-order chi connectivity index (χ1) is 14.5. The minimum atomic E-state index is -0.989. The van der Waals surface area contributed by atoms with Crippen molar-refractivity contribution in [3.8, 4) is 11.1 Å². The molecule has 30 heavy (non-hydrogen) atoms. The molecule has 4 rings (SSSR count). The van der Waals surface area contributed by atoms with Crippen LogP contribution in [0.2, 0.25) is 0 Å². The molecule has 2 aromatic carbocycles. The van der Waals surface area contributed by atoms with Crippen LogP contribution in [0, 0.1) is 29.3 Å². The average molecular weight is 413 g/mol. The molecule has 1 fully saturated rings. The molecule has 3 heteroatoms. The minimum Gasteiger partial charge on any atom is -0.206 e. The summed E-state index contributed by atoms with van der Waals surface area (Å²) in [6.45, 7) is 2.28. The molecule has 2 aliphatic carbocycles. The standard InChI is InChI=1S/C27H31F3/c1-2-4-18-7-9-19(10-8-18)11-12-20-13-14-21-16-24(26(29)17-22(21)15-20)23-5-3-6-25(28)27(23)30/h3,5-6,15-19H,2,4,7-14H2,1H3. The maximum atomic E-state index is 14.8. The van der Waals surface area contributed by atoms with Crippen LogP contribution in [0.5, 0.6) is 0 Å². The lowest BCUT2D eigenvalue weighted by atomic mass is 9.77. The van der Waals surface area contributed by atoms with E-state index in [0.717, 1.165) is 48.3 Å². The van der Waals surface area contributed by atoms with E-state index >= 15 is 0 Å². The van der Waals surface area contributed by atoms with Crippen molar-refractivity contribution in [2.75, 3.05) is 0 Å². The maximum absolute atomic E-state index is 14.8. The number of halogens is 3. The molecule has 1 saturated carbocycles. The molecule has 0 aliphatic heterocycles. The van der Waals surface area contributed by atoms with E-state index < -0.39 is 17.5 Å². The number of aryl methyl sites for hydroxylation is 1. The van der Waals surface area contributed by atoms with Gasteiger partial charge in [0.1, 0.15) is 5.82 Å². The Morgan fingerprint density at radius 3 is 2.30 bits per heavy atom. The molecule has 0 amide bonds. The van der Waals surface area contributed by atoms with Gasteiger partial charge in [-0.25, -0.2) is 13.2 Å². The van der Waals surface area contributed by atoms with E-state index in [1.807, 2.05) is 0 Å². The fourth-order valence-corrected chi connectivity index (χ4v) is 5.29. The molecule has 160 valence electrons. The Labute approximate surface area is 178 Å². The second-order valence-electron chi connectivity index (χ2n) is 9.15. The molecule has 0 saturated heterocycles. The monoisotopic (exact) mass is 412 g/mol. The van der Waals surface area contributed by atoms with Crippen LogP contribution in [-0.2, 0) is 6.42 Å². The molecule has 2 aliphatic rings. The number of hydrogen-bond acceptors (Lipinski definition) is 0. The van der Waals surface area contributed by atoms with Gasteiger partial charge in [0.05, 0.1) is 0 Å². The van der Waals surface area contributed by atoms with E-state index in [9.17, 15) is 13.2 Å². The Hall–Kier alpha value is -2.03. The SMILES string of the molecule is CCCC1CCC(CCC2=Cc3cc(F)c(-c4cccc(F)c4F)cc3CC2)CC1. The molecule has 0 atom stereocenters. The van der Waals surface area contributed by atoms with Crippen molar-refractivity contribution in [3.05, 3.63) is 64.5 Å². The first kappa shape index (κ1) is 21.2. The van der Waals surface area contributed by atoms with Crippen LogP contribution in [0.1, 0.15) is 75.8 Å². The summed E-state index contributed by atoms with van der Waals surface area (Å²) < 4.78 is 42.5. The zero-order chi connectivity index (χ0) is 21.1. The van der Waals surface area contributed by atoms with Gasteiger partial charge < -0.3 is 0 Å². The Kier molecular flexibility index (Phi) is 6.65. The third-order valence-electron chi connectivity index (χ3n) is 7.08. The molecule has 0 spiro atoms. The summed E-state index contributed by atoms with van der Waals surface area (Å²) in [4.78, 5) is 0. The molecule has 0 unspecified atom stereocenters. The fraction of sp³-hybridized carbons (Fsp3) is 0.481. The lowest BCUT2D eigenvalue weighted by molar-refractivity contribution is 0.252. The average Bonchev–Trinajstić information content (AvgIpc) is 2.75. The summed E-state index contributed by atoms with van der Waals surface area (Å²) in [6, 6.07) is 7.10. The zero-order valence-electron chi connectivity index (χ0n) is 17.8. The second-order valence-corrected chi connectivity index (χ2v) is 9.15. The first-order valence-electron chi connectivity index (χ1n) is 11.5. The highest BCUT2D eigenvalue weighted by atomic mass is 19.2. The molecule has 0 radical (unpaired) electrons. The molecule has 0 nitrogen and oxygen atoms in total. The molecular weight excluding hydrogens is 381 g/mol. The van der Waals surface area contributed by atoms with Gasteiger partial charge in [0, 0.05) is 11.1 Å². The lowest BCUT2D eigenvalue weighted by Gasteiger charge is -2.29. The number of fused-ring (bicyclic) bond motifs is 1. The van der Waals surface area contributed by atoms with Crippen LogP contribution in [0.3, 0.4) is 0 Å². The van der Waals surface area contributed by atoms with Crippen LogP contribution in [0.15, 0.2) is 35.9 Å². The van der Waals surface area contributed by atoms with Crippen LogP contribution in [0.25, 0.3) is 17.2 Å². The van der Waals surface area contributed by atoms with Gasteiger partial charge in [-0.1, -0.05) is 69.2 Å². The highest BCUT2D eigenvalue weighted by Gasteiger charge is 2.22. The van der Waals surface area contributed by atoms with Crippen molar-refractivity contribution in [3.63, 3.8) is 0 Å². The van der Waals surface area contributed by atoms with Gasteiger partial charge in [0.2, 0.25) is 0 Å². The molecule has 0 aromatic heterocycles. The normalized spacial score (nSPS) is 21.3. The molecular formula is C27H31F3. The van der Waals surface area contributed by atoms with Gasteiger partial charge in [-0.15, -0.1) is 0 Å². The smallest absolute Gasteiger partial charge is 0.166 e. The number of hydrogen-bond donors (Lipinski definition) is 0. The largest absolute Gasteiger partial charge is 0.206 e. The van der Waals surface area contributed by atoms with Crippen LogP contribution >= 0.6 is 0 Å². The highest BCUT2D eigenvalue weighted by Crippen LogP contribution is 2.37. The first-order valence-corrected chi connectivity index (χ1v) is 11.5. The van der Waals surface area contributed by atoms with E-state index in [0.29, 0.717) is 0 Å². The summed E-state index contributed by atoms with van der Waals surface area (Å²) >= 11 is 0. The summed E-state index contributed by atoms with van der Waals surface area (Å²) in [5, 5.41) is 0. The van der Waals surface area contributed by atoms with Gasteiger partial charge in [-0.2, -0.15) is 0 Å². The van der Waals surface area contributed by atoms with E-state index in [1.54, 1.807) is 6.07 Å². The maximum Gasteiger partial charge on any atom is 0.166 e. The number of rotatable bonds is 6. The van der Waals surface area contributed by atoms with Crippen molar-refractivity contribution >= 4 is 6.08 Å². The molecule has 2 aromatic rings. The number of allylic oxidation sites excluding steroid dienone is 1. The number of benzene rings is 2. The topological polar surface area (TPSA) is 0 Å². The Morgan fingerprint density at radius 2 is 1.57 bits per heavy atom. The molecule has 0 N–H and O–H groups in total. The summed E-state index contributed by atoms with van der Waals surface area (Å²) in [5.74, 6) is -0.667. The van der Waals surface area contributed by atoms with E-state index in [-0.39, 0.29) is 11.1 Å². The minimum absolute atomic E-state index is 0.0104. The summed E-state index contributed by atoms with van der Waals surface area (Å²) in [5.41, 5.74) is 3.43. The van der Waals surface area contributed by atoms with Gasteiger partial charge in [-0.05, 0) is 66.8 Å². The third-order valence-corrected chi connectivity index (χ3v) is 7.08. The van der Waals surface area contributed by atoms with Crippen LogP contribution in [0.4, 0.5) is 13.2 Å². The fourth-order valence-electron chi connectivity index (χ4n) is 5.29. The van der Waals surface area contributed by atoms with E-state index in [4.69, 9.17) is 0 Å². The summed E-state index contributed by atoms with van der Waals surface area (Å²) in [6.07, 6.45) is 14.4. The Bertz CT molecular complexity index is 920. The highest BCUT2D eigenvalue weighted by molar-refractivity contribution is 5.70. The predicted molar refractivity (Wildman–Crippen MR) is 118 cm³/mol. The van der Waals surface area contributed by atoms with Crippen molar-refractivity contribution in [2.24, 2.45) is 11.8 Å². The van der Waals surface area contributed by atoms with E-state index in [2.05, 4.69) is 13.0 Å². The Morgan fingerprint density at radius 1 is 0.833 bits per heavy atom. The van der Waals surface area contributed by atoms with Crippen molar-refractivity contribution < 1.29 is 13.2 Å². The molecule has 0 heterocycles. The van der Waals surface area contributed by atoms with Gasteiger partial charge in [0.15, 0.2) is 11.6 Å². The molecule has 0 bridgehead atoms. The third kappa shape index (κ3) is 4.66. The van der Waals surface area contributed by atoms with Crippen molar-refractivity contribution in [1.82, 2.24) is 0 Å². The van der Waals surface area contributed by atoms with Gasteiger partial charge in [-0.3, -0.25) is 0 Å². The van der Waals surface area contributed by atoms with Crippen LogP contribution in [-0.4, -0.2) is 0 Å². The van der Waals surface area contributed by atoms with Gasteiger partial charge in [0.25, 0.3) is 0 Å². The quantitative estimate of drug-likeness (QED) is 0.446. The zero-order valence-corrected chi connectivity index (χ0v) is 17.8. The van der Waals surface area contributed by atoms with E-state index in [1.165, 1.54) is 68.7 Å². The van der Waals surface area contributed by atoms with Crippen molar-refractivity contribution in [1.29, 1.82) is 0 Å².